The molecule has 0 fully saturated rings. The molecule has 1 rings (SSSR count). The third-order valence-electron chi connectivity index (χ3n) is 3.18. The van der Waals surface area contributed by atoms with E-state index in [4.69, 9.17) is 4.74 Å². The van der Waals surface area contributed by atoms with Crippen molar-refractivity contribution in [1.29, 1.82) is 0 Å². The minimum absolute atomic E-state index is 0.588. The van der Waals surface area contributed by atoms with Crippen molar-refractivity contribution >= 4 is 0 Å². The predicted octanol–water partition coefficient (Wildman–Crippen LogP) is 4.00. The highest BCUT2D eigenvalue weighted by Crippen LogP contribution is 2.14. The van der Waals surface area contributed by atoms with Crippen LogP contribution in [0.15, 0.2) is 24.3 Å². The van der Waals surface area contributed by atoms with Crippen LogP contribution in [-0.2, 0) is 6.54 Å². The maximum atomic E-state index is 5.65. The Bertz CT molecular complexity index is 336. The topological polar surface area (TPSA) is 21.3 Å². The van der Waals surface area contributed by atoms with Crippen LogP contribution in [0.1, 0.15) is 46.1 Å². The second-order valence-electron chi connectivity index (χ2n) is 5.14. The van der Waals surface area contributed by atoms with Gasteiger partial charge in [0.2, 0.25) is 0 Å². The molecule has 0 radical (unpaired) electrons. The summed E-state index contributed by atoms with van der Waals surface area (Å²) in [7, 11) is 0. The molecule has 0 aromatic heterocycles. The molecule has 2 heteroatoms. The van der Waals surface area contributed by atoms with Crippen LogP contribution in [0.3, 0.4) is 0 Å². The van der Waals surface area contributed by atoms with Crippen LogP contribution >= 0.6 is 0 Å². The highest BCUT2D eigenvalue weighted by Gasteiger charge is 2.09. The van der Waals surface area contributed by atoms with Crippen LogP contribution in [0.25, 0.3) is 0 Å². The number of ether oxygens (including phenoxy) is 1. The number of nitrogens with one attached hydrogen (secondary N) is 1. The molecular weight excluding hydrogens is 222 g/mol. The van der Waals surface area contributed by atoms with Crippen molar-refractivity contribution in [3.05, 3.63) is 29.8 Å². The molecule has 102 valence electrons. The molecule has 1 unspecified atom stereocenters. The summed E-state index contributed by atoms with van der Waals surface area (Å²) in [5, 5.41) is 3.61. The van der Waals surface area contributed by atoms with E-state index in [1.807, 2.05) is 6.07 Å². The van der Waals surface area contributed by atoms with E-state index < -0.39 is 0 Å². The van der Waals surface area contributed by atoms with Gasteiger partial charge in [0.15, 0.2) is 0 Å². The Morgan fingerprint density at radius 1 is 1.22 bits per heavy atom. The van der Waals surface area contributed by atoms with Crippen molar-refractivity contribution in [2.24, 2.45) is 5.92 Å². The summed E-state index contributed by atoms with van der Waals surface area (Å²) in [5.41, 5.74) is 1.29. The maximum Gasteiger partial charge on any atom is 0.119 e. The van der Waals surface area contributed by atoms with Gasteiger partial charge in [0.25, 0.3) is 0 Å². The first-order valence-corrected chi connectivity index (χ1v) is 7.12. The standard InChI is InChI=1S/C16H27NO/c1-5-10-18-15-9-7-8-14(11-15)12-17-16(6-2)13(3)4/h7-9,11,13,16-17H,5-6,10,12H2,1-4H3. The molecule has 0 aliphatic heterocycles. The summed E-state index contributed by atoms with van der Waals surface area (Å²) in [6.07, 6.45) is 2.22. The van der Waals surface area contributed by atoms with Crippen LogP contribution < -0.4 is 10.1 Å². The summed E-state index contributed by atoms with van der Waals surface area (Å²) in [4.78, 5) is 0. The Kier molecular flexibility index (Phi) is 6.81. The van der Waals surface area contributed by atoms with E-state index in [1.165, 1.54) is 12.0 Å². The molecule has 0 spiro atoms. The lowest BCUT2D eigenvalue weighted by Crippen LogP contribution is -2.32. The maximum absolute atomic E-state index is 5.65. The van der Waals surface area contributed by atoms with E-state index in [-0.39, 0.29) is 0 Å². The van der Waals surface area contributed by atoms with Gasteiger partial charge >= 0.3 is 0 Å². The molecule has 1 N–H and O–H groups in total. The van der Waals surface area contributed by atoms with E-state index in [9.17, 15) is 0 Å². The number of hydrogen-bond donors (Lipinski definition) is 1. The summed E-state index contributed by atoms with van der Waals surface area (Å²) < 4.78 is 5.65. The molecule has 1 atom stereocenters. The smallest absolute Gasteiger partial charge is 0.119 e. The fourth-order valence-electron chi connectivity index (χ4n) is 2.07. The molecule has 0 aliphatic carbocycles. The lowest BCUT2D eigenvalue weighted by atomic mass is 10.0. The molecular formula is C16H27NO. The number of rotatable bonds is 8. The van der Waals surface area contributed by atoms with Crippen molar-refractivity contribution < 1.29 is 4.74 Å². The molecule has 18 heavy (non-hydrogen) atoms. The lowest BCUT2D eigenvalue weighted by Gasteiger charge is -2.21. The third kappa shape index (κ3) is 5.09. The Balaban J connectivity index is 2.51. The van der Waals surface area contributed by atoms with Crippen LogP contribution in [0.2, 0.25) is 0 Å². The zero-order valence-corrected chi connectivity index (χ0v) is 12.2. The summed E-state index contributed by atoms with van der Waals surface area (Å²) in [6.45, 7) is 10.6. The SMILES string of the molecule is CCCOc1cccc(CNC(CC)C(C)C)c1. The van der Waals surface area contributed by atoms with E-state index in [2.05, 4.69) is 51.2 Å². The molecule has 0 amide bonds. The van der Waals surface area contributed by atoms with E-state index in [1.54, 1.807) is 0 Å². The number of benzene rings is 1. The zero-order chi connectivity index (χ0) is 13.4. The minimum Gasteiger partial charge on any atom is -0.494 e. The quantitative estimate of drug-likeness (QED) is 0.752. The molecule has 0 bridgehead atoms. The molecule has 2 nitrogen and oxygen atoms in total. The van der Waals surface area contributed by atoms with Crippen molar-refractivity contribution in [2.75, 3.05) is 6.61 Å². The van der Waals surface area contributed by atoms with E-state index in [0.717, 1.165) is 25.3 Å². The monoisotopic (exact) mass is 249 g/mol. The first kappa shape index (κ1) is 15.0. The van der Waals surface area contributed by atoms with Gasteiger partial charge in [0, 0.05) is 12.6 Å². The second-order valence-corrected chi connectivity index (χ2v) is 5.14. The Hall–Kier alpha value is -1.02. The highest BCUT2D eigenvalue weighted by molar-refractivity contribution is 5.28. The van der Waals surface area contributed by atoms with Crippen molar-refractivity contribution in [3.8, 4) is 5.75 Å². The molecule has 1 aromatic carbocycles. The van der Waals surface area contributed by atoms with Gasteiger partial charge in [-0.05, 0) is 36.5 Å². The van der Waals surface area contributed by atoms with Gasteiger partial charge in [-0.15, -0.1) is 0 Å². The largest absolute Gasteiger partial charge is 0.494 e. The summed E-state index contributed by atoms with van der Waals surface area (Å²) >= 11 is 0. The molecule has 0 heterocycles. The fraction of sp³-hybridized carbons (Fsp3) is 0.625. The van der Waals surface area contributed by atoms with Crippen LogP contribution in [0.4, 0.5) is 0 Å². The fourth-order valence-corrected chi connectivity index (χ4v) is 2.07. The normalized spacial score (nSPS) is 12.7. The van der Waals surface area contributed by atoms with E-state index >= 15 is 0 Å². The first-order valence-electron chi connectivity index (χ1n) is 7.12. The van der Waals surface area contributed by atoms with Crippen molar-refractivity contribution in [2.45, 2.75) is 53.1 Å². The summed E-state index contributed by atoms with van der Waals surface area (Å²) in [6, 6.07) is 8.97. The van der Waals surface area contributed by atoms with Crippen LogP contribution in [0, 0.1) is 5.92 Å². The molecule has 1 aromatic rings. The minimum atomic E-state index is 0.588. The van der Waals surface area contributed by atoms with Crippen LogP contribution in [0.5, 0.6) is 5.75 Å². The average Bonchev–Trinajstić information content (AvgIpc) is 2.37. The predicted molar refractivity (Wildman–Crippen MR) is 78.0 cm³/mol. The van der Waals surface area contributed by atoms with Gasteiger partial charge < -0.3 is 10.1 Å². The van der Waals surface area contributed by atoms with Crippen molar-refractivity contribution in [3.63, 3.8) is 0 Å². The van der Waals surface area contributed by atoms with Gasteiger partial charge in [-0.25, -0.2) is 0 Å². The molecule has 0 saturated carbocycles. The average molecular weight is 249 g/mol. The van der Waals surface area contributed by atoms with E-state index in [0.29, 0.717) is 12.0 Å². The van der Waals surface area contributed by atoms with Gasteiger partial charge in [0.1, 0.15) is 5.75 Å². The summed E-state index contributed by atoms with van der Waals surface area (Å²) in [5.74, 6) is 1.66. The first-order chi connectivity index (χ1) is 8.67. The van der Waals surface area contributed by atoms with Crippen LogP contribution in [-0.4, -0.2) is 12.6 Å². The van der Waals surface area contributed by atoms with Gasteiger partial charge in [0.05, 0.1) is 6.61 Å². The third-order valence-corrected chi connectivity index (χ3v) is 3.18. The van der Waals surface area contributed by atoms with Gasteiger partial charge in [-0.3, -0.25) is 0 Å². The van der Waals surface area contributed by atoms with Crippen molar-refractivity contribution in [1.82, 2.24) is 5.32 Å². The number of hydrogen-bond acceptors (Lipinski definition) is 2. The van der Waals surface area contributed by atoms with Gasteiger partial charge in [-0.1, -0.05) is 39.8 Å². The zero-order valence-electron chi connectivity index (χ0n) is 12.2. The second kappa shape index (κ2) is 8.15. The molecule has 0 saturated heterocycles. The van der Waals surface area contributed by atoms with Gasteiger partial charge in [-0.2, -0.15) is 0 Å². The Morgan fingerprint density at radius 3 is 2.61 bits per heavy atom. The highest BCUT2D eigenvalue weighted by atomic mass is 16.5. The molecule has 0 aliphatic rings. The lowest BCUT2D eigenvalue weighted by molar-refractivity contribution is 0.317. The Morgan fingerprint density at radius 2 is 2.00 bits per heavy atom. The Labute approximate surface area is 112 Å².